The molecule has 1 saturated carbocycles. The summed E-state index contributed by atoms with van der Waals surface area (Å²) in [5.74, 6) is 0.946. The van der Waals surface area contributed by atoms with E-state index in [4.69, 9.17) is 9.47 Å². The molecule has 3 unspecified atom stereocenters. The molecule has 3 nitrogen and oxygen atoms in total. The lowest BCUT2D eigenvalue weighted by Crippen LogP contribution is -2.60. The van der Waals surface area contributed by atoms with Crippen LogP contribution in [0.2, 0.25) is 0 Å². The van der Waals surface area contributed by atoms with Gasteiger partial charge in [-0.05, 0) is 37.1 Å². The molecule has 0 aliphatic heterocycles. The van der Waals surface area contributed by atoms with E-state index in [0.717, 1.165) is 18.8 Å². The molecule has 1 aliphatic carbocycles. The maximum Gasteiger partial charge on any atom is 0.128 e. The monoisotopic (exact) mass is 277 g/mol. The van der Waals surface area contributed by atoms with Gasteiger partial charge < -0.3 is 14.8 Å². The van der Waals surface area contributed by atoms with Gasteiger partial charge in [0.1, 0.15) is 18.0 Å². The van der Waals surface area contributed by atoms with Crippen LogP contribution in [0.4, 0.5) is 0 Å². The molecule has 20 heavy (non-hydrogen) atoms. The van der Waals surface area contributed by atoms with E-state index in [1.807, 2.05) is 20.0 Å². The van der Waals surface area contributed by atoms with Gasteiger partial charge in [-0.1, -0.05) is 32.9 Å². The van der Waals surface area contributed by atoms with Crippen LogP contribution in [-0.2, 0) is 10.2 Å². The summed E-state index contributed by atoms with van der Waals surface area (Å²) in [6.45, 7) is 9.41. The molecule has 3 atom stereocenters. The zero-order valence-electron chi connectivity index (χ0n) is 13.3. The van der Waals surface area contributed by atoms with Crippen molar-refractivity contribution in [3.63, 3.8) is 0 Å². The van der Waals surface area contributed by atoms with E-state index >= 15 is 0 Å². The molecular weight excluding hydrogens is 250 g/mol. The van der Waals surface area contributed by atoms with Crippen LogP contribution < -0.4 is 10.1 Å². The molecule has 2 rings (SSSR count). The average Bonchev–Trinajstić information content (AvgIpc) is 2.40. The van der Waals surface area contributed by atoms with Crippen LogP contribution in [0.3, 0.4) is 0 Å². The SMILES string of the molecule is CCOC1C(NC)CC1Oc1cccc(C(C)(C)C)c1. The predicted molar refractivity (Wildman–Crippen MR) is 82.4 cm³/mol. The Balaban J connectivity index is 2.03. The molecule has 112 valence electrons. The standard InChI is InChI=1S/C17H27NO2/c1-6-19-16-14(18-5)11-15(16)20-13-9-7-8-12(10-13)17(2,3)4/h7-10,14-16,18H,6,11H2,1-5H3. The zero-order chi connectivity index (χ0) is 14.8. The smallest absolute Gasteiger partial charge is 0.128 e. The van der Waals surface area contributed by atoms with Crippen molar-refractivity contribution in [3.05, 3.63) is 29.8 Å². The molecule has 1 aromatic rings. The predicted octanol–water partition coefficient (Wildman–Crippen LogP) is 3.13. The number of nitrogens with one attached hydrogen (secondary N) is 1. The van der Waals surface area contributed by atoms with Crippen LogP contribution in [0.25, 0.3) is 0 Å². The number of likely N-dealkylation sites (N-methyl/N-ethyl adjacent to an activating group) is 1. The highest BCUT2D eigenvalue weighted by Gasteiger charge is 2.42. The van der Waals surface area contributed by atoms with Gasteiger partial charge in [0.25, 0.3) is 0 Å². The van der Waals surface area contributed by atoms with Crippen LogP contribution >= 0.6 is 0 Å². The quantitative estimate of drug-likeness (QED) is 0.897. The second-order valence-electron chi connectivity index (χ2n) is 6.48. The molecule has 0 aromatic heterocycles. The first-order chi connectivity index (χ1) is 9.45. The topological polar surface area (TPSA) is 30.5 Å². The number of ether oxygens (including phenoxy) is 2. The van der Waals surface area contributed by atoms with E-state index < -0.39 is 0 Å². The molecule has 1 aliphatic rings. The average molecular weight is 277 g/mol. The highest BCUT2D eigenvalue weighted by Crippen LogP contribution is 2.31. The fourth-order valence-electron chi connectivity index (χ4n) is 2.61. The van der Waals surface area contributed by atoms with E-state index in [1.54, 1.807) is 0 Å². The first-order valence-electron chi connectivity index (χ1n) is 7.51. The molecule has 0 heterocycles. The van der Waals surface area contributed by atoms with Crippen LogP contribution in [0.1, 0.15) is 39.7 Å². The lowest BCUT2D eigenvalue weighted by Gasteiger charge is -2.43. The maximum atomic E-state index is 6.12. The first-order valence-corrected chi connectivity index (χ1v) is 7.51. The van der Waals surface area contributed by atoms with Crippen molar-refractivity contribution in [1.82, 2.24) is 5.32 Å². The molecule has 0 spiro atoms. The first kappa shape index (κ1) is 15.3. The molecular formula is C17H27NO2. The Kier molecular flexibility index (Phi) is 4.71. The Hall–Kier alpha value is -1.06. The van der Waals surface area contributed by atoms with Crippen molar-refractivity contribution < 1.29 is 9.47 Å². The summed E-state index contributed by atoms with van der Waals surface area (Å²) in [7, 11) is 1.98. The molecule has 0 amide bonds. The minimum Gasteiger partial charge on any atom is -0.488 e. The van der Waals surface area contributed by atoms with Gasteiger partial charge in [0.15, 0.2) is 0 Å². The maximum absolute atomic E-state index is 6.12. The number of rotatable bonds is 5. The molecule has 0 bridgehead atoms. The van der Waals surface area contributed by atoms with E-state index in [0.29, 0.717) is 6.04 Å². The zero-order valence-corrected chi connectivity index (χ0v) is 13.3. The van der Waals surface area contributed by atoms with Crippen LogP contribution in [0.5, 0.6) is 5.75 Å². The number of hydrogen-bond donors (Lipinski definition) is 1. The molecule has 3 heteroatoms. The third-order valence-corrected chi connectivity index (χ3v) is 3.97. The third-order valence-electron chi connectivity index (χ3n) is 3.97. The van der Waals surface area contributed by atoms with Crippen molar-refractivity contribution in [1.29, 1.82) is 0 Å². The molecule has 1 aromatic carbocycles. The Morgan fingerprint density at radius 2 is 2.05 bits per heavy atom. The Morgan fingerprint density at radius 1 is 1.30 bits per heavy atom. The number of hydrogen-bond acceptors (Lipinski definition) is 3. The highest BCUT2D eigenvalue weighted by molar-refractivity contribution is 5.33. The van der Waals surface area contributed by atoms with Gasteiger partial charge >= 0.3 is 0 Å². The van der Waals surface area contributed by atoms with Gasteiger partial charge in [0, 0.05) is 19.1 Å². The van der Waals surface area contributed by atoms with E-state index in [2.05, 4.69) is 44.3 Å². The van der Waals surface area contributed by atoms with Crippen LogP contribution in [0.15, 0.2) is 24.3 Å². The summed E-state index contributed by atoms with van der Waals surface area (Å²) in [5, 5.41) is 3.28. The Labute approximate surface area is 122 Å². The summed E-state index contributed by atoms with van der Waals surface area (Å²) < 4.78 is 11.9. The van der Waals surface area contributed by atoms with Crippen molar-refractivity contribution in [3.8, 4) is 5.75 Å². The largest absolute Gasteiger partial charge is 0.488 e. The number of benzene rings is 1. The van der Waals surface area contributed by atoms with Crippen molar-refractivity contribution in [2.45, 2.75) is 57.8 Å². The minimum atomic E-state index is 0.145. The van der Waals surface area contributed by atoms with E-state index in [-0.39, 0.29) is 17.6 Å². The van der Waals surface area contributed by atoms with Crippen molar-refractivity contribution in [2.75, 3.05) is 13.7 Å². The summed E-state index contributed by atoms with van der Waals surface area (Å²) >= 11 is 0. The van der Waals surface area contributed by atoms with Gasteiger partial charge in [0.2, 0.25) is 0 Å². The van der Waals surface area contributed by atoms with Crippen molar-refractivity contribution >= 4 is 0 Å². The van der Waals surface area contributed by atoms with Gasteiger partial charge in [-0.3, -0.25) is 0 Å². The second kappa shape index (κ2) is 6.15. The molecule has 0 saturated heterocycles. The minimum absolute atomic E-state index is 0.145. The van der Waals surface area contributed by atoms with Crippen molar-refractivity contribution in [2.24, 2.45) is 0 Å². The summed E-state index contributed by atoms with van der Waals surface area (Å²) in [5.41, 5.74) is 1.44. The Morgan fingerprint density at radius 3 is 2.65 bits per heavy atom. The molecule has 1 fully saturated rings. The lowest BCUT2D eigenvalue weighted by molar-refractivity contribution is -0.103. The van der Waals surface area contributed by atoms with Gasteiger partial charge in [-0.15, -0.1) is 0 Å². The normalized spacial score (nSPS) is 26.1. The summed E-state index contributed by atoms with van der Waals surface area (Å²) in [6, 6.07) is 8.82. The fraction of sp³-hybridized carbons (Fsp3) is 0.647. The van der Waals surface area contributed by atoms with Gasteiger partial charge in [-0.25, -0.2) is 0 Å². The highest BCUT2D eigenvalue weighted by atomic mass is 16.5. The van der Waals surface area contributed by atoms with Crippen LogP contribution in [0, 0.1) is 0 Å². The second-order valence-corrected chi connectivity index (χ2v) is 6.48. The molecule has 1 N–H and O–H groups in total. The summed E-state index contributed by atoms with van der Waals surface area (Å²) in [6.07, 6.45) is 1.31. The summed E-state index contributed by atoms with van der Waals surface area (Å²) in [4.78, 5) is 0. The van der Waals surface area contributed by atoms with Gasteiger partial charge in [-0.2, -0.15) is 0 Å². The Bertz CT molecular complexity index is 439. The van der Waals surface area contributed by atoms with E-state index in [9.17, 15) is 0 Å². The van der Waals surface area contributed by atoms with Gasteiger partial charge in [0.05, 0.1) is 0 Å². The van der Waals surface area contributed by atoms with Crippen LogP contribution in [-0.4, -0.2) is 31.9 Å². The molecule has 0 radical (unpaired) electrons. The fourth-order valence-corrected chi connectivity index (χ4v) is 2.61. The van der Waals surface area contributed by atoms with E-state index in [1.165, 1.54) is 5.56 Å². The third kappa shape index (κ3) is 3.33. The lowest BCUT2D eigenvalue weighted by atomic mass is 9.85.